The van der Waals surface area contributed by atoms with Crippen LogP contribution in [-0.4, -0.2) is 63.6 Å². The maximum absolute atomic E-state index is 11.6. The molecule has 0 spiro atoms. The van der Waals surface area contributed by atoms with Gasteiger partial charge in [-0.15, -0.1) is 0 Å². The molecule has 3 heterocycles. The maximum Gasteiger partial charge on any atom is 0.264 e. The highest BCUT2D eigenvalue weighted by Crippen LogP contribution is 2.42. The van der Waals surface area contributed by atoms with Gasteiger partial charge in [0.15, 0.2) is 17.9 Å². The van der Waals surface area contributed by atoms with Gasteiger partial charge in [-0.05, 0) is 27.7 Å². The van der Waals surface area contributed by atoms with Gasteiger partial charge in [-0.1, -0.05) is 0 Å². The lowest BCUT2D eigenvalue weighted by atomic mass is 10.1. The van der Waals surface area contributed by atoms with E-state index in [4.69, 9.17) is 27.9 Å². The van der Waals surface area contributed by atoms with E-state index in [2.05, 4.69) is 0 Å². The molecule has 22 heavy (non-hydrogen) atoms. The molecule has 5 atom stereocenters. The van der Waals surface area contributed by atoms with Crippen LogP contribution in [0, 0.1) is 0 Å². The van der Waals surface area contributed by atoms with Gasteiger partial charge in [0, 0.05) is 0 Å². The van der Waals surface area contributed by atoms with Crippen LogP contribution in [0.5, 0.6) is 0 Å². The summed E-state index contributed by atoms with van der Waals surface area (Å²) in [6, 6.07) is 0. The first-order chi connectivity index (χ1) is 9.96. The van der Waals surface area contributed by atoms with Crippen LogP contribution in [0.3, 0.4) is 0 Å². The molecule has 8 nitrogen and oxygen atoms in total. The van der Waals surface area contributed by atoms with Gasteiger partial charge in [0.05, 0.1) is 12.9 Å². The summed E-state index contributed by atoms with van der Waals surface area (Å²) in [5.74, 6) is -1.60. The second-order valence-electron chi connectivity index (χ2n) is 6.70. The second kappa shape index (κ2) is 5.10. The molecule has 3 aliphatic rings. The molecular formula is C13H22O8S. The monoisotopic (exact) mass is 338 g/mol. The van der Waals surface area contributed by atoms with Gasteiger partial charge >= 0.3 is 0 Å². The average molecular weight is 338 g/mol. The zero-order valence-electron chi connectivity index (χ0n) is 13.3. The fourth-order valence-electron chi connectivity index (χ4n) is 2.99. The first kappa shape index (κ1) is 16.6. The van der Waals surface area contributed by atoms with Crippen LogP contribution < -0.4 is 0 Å². The average Bonchev–Trinajstić information content (AvgIpc) is 2.89. The smallest absolute Gasteiger partial charge is 0.264 e. The Bertz CT molecular complexity index is 542. The Morgan fingerprint density at radius 3 is 2.23 bits per heavy atom. The van der Waals surface area contributed by atoms with Crippen LogP contribution in [0.15, 0.2) is 0 Å². The van der Waals surface area contributed by atoms with E-state index in [0.29, 0.717) is 0 Å². The van der Waals surface area contributed by atoms with E-state index in [0.717, 1.165) is 6.26 Å². The molecule has 0 aromatic rings. The fraction of sp³-hybridized carbons (Fsp3) is 1.00. The van der Waals surface area contributed by atoms with Gasteiger partial charge in [0.25, 0.3) is 10.1 Å². The van der Waals surface area contributed by atoms with Crippen LogP contribution in [0.1, 0.15) is 27.7 Å². The lowest BCUT2D eigenvalue weighted by Crippen LogP contribution is -2.45. The van der Waals surface area contributed by atoms with Crippen molar-refractivity contribution < 1.29 is 36.3 Å². The summed E-state index contributed by atoms with van der Waals surface area (Å²) in [6.45, 7) is 7.32. The van der Waals surface area contributed by atoms with E-state index in [1.165, 1.54) is 0 Å². The summed E-state index contributed by atoms with van der Waals surface area (Å²) in [5.41, 5.74) is 0. The Morgan fingerprint density at radius 2 is 1.68 bits per heavy atom. The molecule has 0 radical (unpaired) electrons. The summed E-state index contributed by atoms with van der Waals surface area (Å²) in [5, 5.41) is 0. The quantitative estimate of drug-likeness (QED) is 0.682. The molecule has 0 saturated carbocycles. The number of fused-ring (bicyclic) bond motifs is 1. The minimum absolute atomic E-state index is 0.282. The molecule has 0 aromatic carbocycles. The second-order valence-corrected chi connectivity index (χ2v) is 8.30. The van der Waals surface area contributed by atoms with Crippen LogP contribution in [0.2, 0.25) is 0 Å². The molecule has 3 rings (SSSR count). The van der Waals surface area contributed by atoms with Gasteiger partial charge in [0.2, 0.25) is 0 Å². The molecule has 1 unspecified atom stereocenters. The topological polar surface area (TPSA) is 89.5 Å². The Kier molecular flexibility index (Phi) is 3.84. The molecule has 9 heteroatoms. The van der Waals surface area contributed by atoms with Crippen molar-refractivity contribution in [2.45, 2.75) is 70.0 Å². The largest absolute Gasteiger partial charge is 0.348 e. The maximum atomic E-state index is 11.6. The van der Waals surface area contributed by atoms with Crippen molar-refractivity contribution in [1.82, 2.24) is 0 Å². The minimum Gasteiger partial charge on any atom is -0.348 e. The minimum atomic E-state index is -3.69. The molecule has 0 aliphatic carbocycles. The van der Waals surface area contributed by atoms with Crippen molar-refractivity contribution in [3.05, 3.63) is 0 Å². The van der Waals surface area contributed by atoms with Crippen molar-refractivity contribution in [2.75, 3.05) is 12.9 Å². The van der Waals surface area contributed by atoms with Gasteiger partial charge in [-0.3, -0.25) is 4.18 Å². The molecule has 3 saturated heterocycles. The molecule has 0 bridgehead atoms. The van der Waals surface area contributed by atoms with E-state index in [1.54, 1.807) is 27.7 Å². The predicted octanol–water partition coefficient (Wildman–Crippen LogP) is 0.359. The van der Waals surface area contributed by atoms with E-state index < -0.39 is 52.4 Å². The molecule has 3 fully saturated rings. The van der Waals surface area contributed by atoms with E-state index in [-0.39, 0.29) is 6.61 Å². The lowest BCUT2D eigenvalue weighted by Gasteiger charge is -2.28. The predicted molar refractivity (Wildman–Crippen MR) is 73.3 cm³/mol. The van der Waals surface area contributed by atoms with Crippen molar-refractivity contribution in [1.29, 1.82) is 0 Å². The molecule has 0 aromatic heterocycles. The van der Waals surface area contributed by atoms with Gasteiger partial charge in [-0.2, -0.15) is 8.42 Å². The molecular weight excluding hydrogens is 316 g/mol. The Morgan fingerprint density at radius 1 is 1.00 bits per heavy atom. The van der Waals surface area contributed by atoms with Gasteiger partial charge < -0.3 is 23.7 Å². The Labute approximate surface area is 130 Å². The third-order valence-electron chi connectivity index (χ3n) is 3.71. The van der Waals surface area contributed by atoms with Gasteiger partial charge in [0.1, 0.15) is 24.4 Å². The Hall–Kier alpha value is -0.290. The van der Waals surface area contributed by atoms with Crippen LogP contribution >= 0.6 is 0 Å². The van der Waals surface area contributed by atoms with Crippen molar-refractivity contribution >= 4 is 10.1 Å². The summed E-state index contributed by atoms with van der Waals surface area (Å²) in [4.78, 5) is 0. The summed E-state index contributed by atoms with van der Waals surface area (Å²) in [6.07, 6.45) is -2.29. The summed E-state index contributed by atoms with van der Waals surface area (Å²) < 4.78 is 56.8. The zero-order chi connectivity index (χ0) is 16.3. The molecule has 3 aliphatic heterocycles. The van der Waals surface area contributed by atoms with Crippen molar-refractivity contribution in [3.63, 3.8) is 0 Å². The standard InChI is InChI=1S/C13H22O8S/c1-12(2)16-6-7(18-12)8-9(21-22(5,14)15)10-11(17-8)20-13(3,4)19-10/h7-11H,6H2,1-5H3/t7-,8-,9+,10-,11?/m1/s1. The van der Waals surface area contributed by atoms with E-state index in [1.807, 2.05) is 0 Å². The third-order valence-corrected chi connectivity index (χ3v) is 4.28. The normalized spacial score (nSPS) is 43.4. The molecule has 0 N–H and O–H groups in total. The van der Waals surface area contributed by atoms with E-state index in [9.17, 15) is 8.42 Å². The van der Waals surface area contributed by atoms with Crippen LogP contribution in [-0.2, 0) is 38.0 Å². The molecule has 128 valence electrons. The van der Waals surface area contributed by atoms with Crippen LogP contribution in [0.4, 0.5) is 0 Å². The molecule has 0 amide bonds. The van der Waals surface area contributed by atoms with Gasteiger partial charge in [-0.25, -0.2) is 0 Å². The number of hydrogen-bond donors (Lipinski definition) is 0. The summed E-state index contributed by atoms with van der Waals surface area (Å²) in [7, 11) is -3.69. The van der Waals surface area contributed by atoms with E-state index >= 15 is 0 Å². The van der Waals surface area contributed by atoms with Crippen LogP contribution in [0.25, 0.3) is 0 Å². The SMILES string of the molecule is CC1(C)OC[C@H]([C@H]2OC3OC(C)(C)O[C@@H]3[C@H]2OS(C)(=O)=O)O1. The summed E-state index contributed by atoms with van der Waals surface area (Å²) >= 11 is 0. The number of ether oxygens (including phenoxy) is 5. The highest BCUT2D eigenvalue weighted by atomic mass is 32.2. The first-order valence-corrected chi connectivity index (χ1v) is 8.99. The van der Waals surface area contributed by atoms with Crippen molar-refractivity contribution in [2.24, 2.45) is 0 Å². The Balaban J connectivity index is 1.81. The number of hydrogen-bond acceptors (Lipinski definition) is 8. The van der Waals surface area contributed by atoms with Crippen molar-refractivity contribution in [3.8, 4) is 0 Å². The first-order valence-electron chi connectivity index (χ1n) is 7.17. The zero-order valence-corrected chi connectivity index (χ0v) is 14.1. The fourth-order valence-corrected chi connectivity index (χ4v) is 3.61. The highest BCUT2D eigenvalue weighted by molar-refractivity contribution is 7.86. The third kappa shape index (κ3) is 3.30. The highest BCUT2D eigenvalue weighted by Gasteiger charge is 2.59. The number of rotatable bonds is 3. The lowest BCUT2D eigenvalue weighted by molar-refractivity contribution is -0.230.